The molecule has 1 N–H and O–H groups in total. The van der Waals surface area contributed by atoms with E-state index >= 15 is 0 Å². The van der Waals surface area contributed by atoms with Crippen molar-refractivity contribution in [1.29, 1.82) is 0 Å². The minimum absolute atomic E-state index is 0.219. The van der Waals surface area contributed by atoms with Gasteiger partial charge in [-0.2, -0.15) is 0 Å². The predicted molar refractivity (Wildman–Crippen MR) is 93.8 cm³/mol. The average Bonchev–Trinajstić information content (AvgIpc) is 2.55. The summed E-state index contributed by atoms with van der Waals surface area (Å²) in [7, 11) is -3.42. The van der Waals surface area contributed by atoms with Crippen LogP contribution in [0.2, 0.25) is 0 Å². The summed E-state index contributed by atoms with van der Waals surface area (Å²) in [5, 5.41) is 1.52. The Hall–Kier alpha value is -2.41. The topological polar surface area (TPSA) is 72.5 Å². The van der Waals surface area contributed by atoms with E-state index in [4.69, 9.17) is 4.74 Å². The molecular weight excluding hydrogens is 345 g/mol. The van der Waals surface area contributed by atoms with Crippen molar-refractivity contribution in [2.45, 2.75) is 25.6 Å². The van der Waals surface area contributed by atoms with Crippen molar-refractivity contribution >= 4 is 15.7 Å². The number of aryl methyl sites for hydroxylation is 1. The first-order valence-corrected chi connectivity index (χ1v) is 9.62. The Morgan fingerprint density at radius 1 is 1.20 bits per heavy atom. The van der Waals surface area contributed by atoms with Gasteiger partial charge in [-0.15, -0.1) is 0 Å². The molecule has 0 aromatic heterocycles. The second kappa shape index (κ2) is 7.65. The number of amides is 1. The normalized spacial score (nSPS) is 12.5. The van der Waals surface area contributed by atoms with Gasteiger partial charge >= 0.3 is 0 Å². The van der Waals surface area contributed by atoms with Gasteiger partial charge in [0, 0.05) is 12.8 Å². The molecule has 0 radical (unpaired) electrons. The lowest BCUT2D eigenvalue weighted by molar-refractivity contribution is -0.120. The van der Waals surface area contributed by atoms with Crippen molar-refractivity contribution in [2.75, 3.05) is 6.26 Å². The molecular formula is C18H20FNO4S. The Bertz CT molecular complexity index is 863. The van der Waals surface area contributed by atoms with E-state index in [-0.39, 0.29) is 12.4 Å². The van der Waals surface area contributed by atoms with E-state index in [2.05, 4.69) is 5.32 Å². The molecule has 25 heavy (non-hydrogen) atoms. The number of carbonyl (C=O) groups excluding carboxylic acids is 1. The molecule has 1 unspecified atom stereocenters. The average molecular weight is 365 g/mol. The fourth-order valence-electron chi connectivity index (χ4n) is 2.09. The minimum atomic E-state index is -3.42. The van der Waals surface area contributed by atoms with Crippen molar-refractivity contribution in [3.63, 3.8) is 0 Å². The molecule has 2 aromatic carbocycles. The standard InChI is InChI=1S/C18H20FNO4S/c1-12-10-14(11-20-18(21)13(2)25(3,22)23)4-9-17(12)24-16-7-5-15(19)6-8-16/h4-10,13H,11H2,1-3H3,(H,20,21). The first kappa shape index (κ1) is 18.9. The maximum Gasteiger partial charge on any atom is 0.238 e. The van der Waals surface area contributed by atoms with Crippen molar-refractivity contribution in [2.24, 2.45) is 0 Å². The van der Waals surface area contributed by atoms with Crippen LogP contribution in [0.4, 0.5) is 4.39 Å². The van der Waals surface area contributed by atoms with Gasteiger partial charge in [0.1, 0.15) is 22.6 Å². The van der Waals surface area contributed by atoms with Gasteiger partial charge in [0.15, 0.2) is 9.84 Å². The smallest absolute Gasteiger partial charge is 0.238 e. The molecule has 0 aliphatic rings. The van der Waals surface area contributed by atoms with Gasteiger partial charge in [0.05, 0.1) is 0 Å². The first-order chi connectivity index (χ1) is 11.7. The fraction of sp³-hybridized carbons (Fsp3) is 0.278. The van der Waals surface area contributed by atoms with Crippen molar-refractivity contribution in [3.8, 4) is 11.5 Å². The monoisotopic (exact) mass is 365 g/mol. The number of sulfone groups is 1. The molecule has 1 amide bonds. The van der Waals surface area contributed by atoms with Gasteiger partial charge in [0.2, 0.25) is 5.91 Å². The van der Waals surface area contributed by atoms with Gasteiger partial charge < -0.3 is 10.1 Å². The molecule has 0 aliphatic heterocycles. The van der Waals surface area contributed by atoms with Crippen LogP contribution in [0.5, 0.6) is 11.5 Å². The van der Waals surface area contributed by atoms with E-state index in [0.29, 0.717) is 11.5 Å². The zero-order chi connectivity index (χ0) is 18.6. The molecule has 0 heterocycles. The van der Waals surface area contributed by atoms with E-state index < -0.39 is 21.0 Å². The Morgan fingerprint density at radius 2 is 1.84 bits per heavy atom. The summed E-state index contributed by atoms with van der Waals surface area (Å²) in [5.74, 6) is 0.268. The van der Waals surface area contributed by atoms with E-state index in [9.17, 15) is 17.6 Å². The molecule has 7 heteroatoms. The predicted octanol–water partition coefficient (Wildman–Crippen LogP) is 2.98. The highest BCUT2D eigenvalue weighted by Crippen LogP contribution is 2.26. The zero-order valence-corrected chi connectivity index (χ0v) is 15.1. The zero-order valence-electron chi connectivity index (χ0n) is 14.2. The summed E-state index contributed by atoms with van der Waals surface area (Å²) < 4.78 is 41.4. The third-order valence-corrected chi connectivity index (χ3v) is 5.26. The Morgan fingerprint density at radius 3 is 2.40 bits per heavy atom. The molecule has 0 bridgehead atoms. The third-order valence-electron chi connectivity index (χ3n) is 3.76. The van der Waals surface area contributed by atoms with Crippen LogP contribution < -0.4 is 10.1 Å². The lowest BCUT2D eigenvalue weighted by Gasteiger charge is -2.13. The number of hydrogen-bond donors (Lipinski definition) is 1. The van der Waals surface area contributed by atoms with Crippen molar-refractivity contribution in [3.05, 3.63) is 59.4 Å². The van der Waals surface area contributed by atoms with E-state index in [0.717, 1.165) is 17.4 Å². The van der Waals surface area contributed by atoms with E-state index in [1.165, 1.54) is 31.2 Å². The lowest BCUT2D eigenvalue weighted by Crippen LogP contribution is -2.37. The molecule has 2 aromatic rings. The van der Waals surface area contributed by atoms with E-state index in [1.54, 1.807) is 12.1 Å². The summed E-state index contributed by atoms with van der Waals surface area (Å²) >= 11 is 0. The number of carbonyl (C=O) groups is 1. The van der Waals surface area contributed by atoms with Gasteiger partial charge in [0.25, 0.3) is 0 Å². The number of rotatable bonds is 6. The van der Waals surface area contributed by atoms with Crippen molar-refractivity contribution in [1.82, 2.24) is 5.32 Å². The molecule has 5 nitrogen and oxygen atoms in total. The number of nitrogens with one attached hydrogen (secondary N) is 1. The van der Waals surface area contributed by atoms with Crippen LogP contribution in [-0.4, -0.2) is 25.8 Å². The molecule has 2 rings (SSSR count). The van der Waals surface area contributed by atoms with Crippen LogP contribution in [0, 0.1) is 12.7 Å². The van der Waals surface area contributed by atoms with Crippen molar-refractivity contribution < 1.29 is 22.3 Å². The molecule has 0 fully saturated rings. The number of ether oxygens (including phenoxy) is 1. The second-order valence-electron chi connectivity index (χ2n) is 5.85. The highest BCUT2D eigenvalue weighted by molar-refractivity contribution is 7.92. The van der Waals surface area contributed by atoms with Gasteiger partial charge in [-0.1, -0.05) is 12.1 Å². The van der Waals surface area contributed by atoms with Crippen LogP contribution in [0.15, 0.2) is 42.5 Å². The van der Waals surface area contributed by atoms with Gasteiger partial charge in [-0.05, 0) is 55.3 Å². The van der Waals surface area contributed by atoms with Crippen LogP contribution in [0.3, 0.4) is 0 Å². The second-order valence-corrected chi connectivity index (χ2v) is 8.21. The Kier molecular flexibility index (Phi) is 5.79. The lowest BCUT2D eigenvalue weighted by atomic mass is 10.1. The van der Waals surface area contributed by atoms with Crippen LogP contribution in [0.1, 0.15) is 18.1 Å². The minimum Gasteiger partial charge on any atom is -0.457 e. The van der Waals surface area contributed by atoms with Gasteiger partial charge in [-0.25, -0.2) is 12.8 Å². The molecule has 0 saturated carbocycles. The maximum absolute atomic E-state index is 12.9. The summed E-state index contributed by atoms with van der Waals surface area (Å²) in [4.78, 5) is 11.8. The molecule has 0 saturated heterocycles. The van der Waals surface area contributed by atoms with E-state index in [1.807, 2.05) is 13.0 Å². The molecule has 134 valence electrons. The van der Waals surface area contributed by atoms with Gasteiger partial charge in [-0.3, -0.25) is 4.79 Å². The third kappa shape index (κ3) is 5.29. The van der Waals surface area contributed by atoms with Crippen LogP contribution in [0.25, 0.3) is 0 Å². The highest BCUT2D eigenvalue weighted by atomic mass is 32.2. The molecule has 0 aliphatic carbocycles. The summed E-state index contributed by atoms with van der Waals surface area (Å²) in [6, 6.07) is 11.1. The SMILES string of the molecule is Cc1cc(CNC(=O)C(C)S(C)(=O)=O)ccc1Oc1ccc(F)cc1. The number of hydrogen-bond acceptors (Lipinski definition) is 4. The molecule has 0 spiro atoms. The summed E-state index contributed by atoms with van der Waals surface area (Å²) in [6.07, 6.45) is 1.03. The number of halogens is 1. The largest absolute Gasteiger partial charge is 0.457 e. The Labute approximate surface area is 146 Å². The first-order valence-electron chi connectivity index (χ1n) is 7.66. The summed E-state index contributed by atoms with van der Waals surface area (Å²) in [6.45, 7) is 3.43. The quantitative estimate of drug-likeness (QED) is 0.854. The summed E-state index contributed by atoms with van der Waals surface area (Å²) in [5.41, 5.74) is 1.66. The van der Waals surface area contributed by atoms with Crippen LogP contribution >= 0.6 is 0 Å². The molecule has 1 atom stereocenters. The highest BCUT2D eigenvalue weighted by Gasteiger charge is 2.23. The maximum atomic E-state index is 12.9. The van der Waals surface area contributed by atoms with Crippen LogP contribution in [-0.2, 0) is 21.2 Å². The number of benzene rings is 2. The Balaban J connectivity index is 2.02. The fourth-order valence-corrected chi connectivity index (χ4v) is 2.57.